The molecular weight excluding hydrogens is 353 g/mol. The molecule has 7 unspecified atom stereocenters. The van der Waals surface area contributed by atoms with Gasteiger partial charge >= 0.3 is 12.1 Å². The molecule has 0 aromatic heterocycles. The second kappa shape index (κ2) is 6.13. The zero-order valence-corrected chi connectivity index (χ0v) is 16.8. The van der Waals surface area contributed by atoms with E-state index in [4.69, 9.17) is 4.74 Å². The van der Waals surface area contributed by atoms with Crippen molar-refractivity contribution in [2.24, 2.45) is 34.5 Å². The van der Waals surface area contributed by atoms with E-state index < -0.39 is 17.7 Å². The number of carbonyl (C=O) groups is 1. The summed E-state index contributed by atoms with van der Waals surface area (Å²) in [6, 6.07) is 0. The number of esters is 1. The summed E-state index contributed by atoms with van der Waals surface area (Å²) in [4.78, 5) is 11.4. The summed E-state index contributed by atoms with van der Waals surface area (Å²) in [5, 5.41) is 0. The van der Waals surface area contributed by atoms with Gasteiger partial charge in [0.05, 0.1) is 0 Å². The van der Waals surface area contributed by atoms with Crippen molar-refractivity contribution in [1.82, 2.24) is 0 Å². The molecule has 27 heavy (non-hydrogen) atoms. The Bertz CT molecular complexity index is 617. The minimum Gasteiger partial charge on any atom is -0.453 e. The van der Waals surface area contributed by atoms with Gasteiger partial charge in [-0.3, -0.25) is 0 Å². The van der Waals surface area contributed by atoms with Crippen LogP contribution in [0.25, 0.3) is 0 Å². The molecule has 0 aliphatic heterocycles. The number of halogens is 3. The van der Waals surface area contributed by atoms with E-state index in [2.05, 4.69) is 13.8 Å². The first-order valence-corrected chi connectivity index (χ1v) is 10.8. The van der Waals surface area contributed by atoms with Crippen molar-refractivity contribution in [3.05, 3.63) is 0 Å². The third-order valence-corrected chi connectivity index (χ3v) is 9.29. The summed E-state index contributed by atoms with van der Waals surface area (Å²) in [7, 11) is 0. The first kappa shape index (κ1) is 19.6. The molecule has 4 rings (SSSR count). The largest absolute Gasteiger partial charge is 0.490 e. The molecule has 4 saturated carbocycles. The lowest BCUT2D eigenvalue weighted by Crippen LogP contribution is -2.55. The van der Waals surface area contributed by atoms with Crippen LogP contribution < -0.4 is 0 Å². The third-order valence-electron chi connectivity index (χ3n) is 9.29. The van der Waals surface area contributed by atoms with E-state index >= 15 is 0 Å². The molecule has 4 fully saturated rings. The van der Waals surface area contributed by atoms with Crippen LogP contribution in [0.2, 0.25) is 0 Å². The molecule has 0 aromatic carbocycles. The summed E-state index contributed by atoms with van der Waals surface area (Å²) >= 11 is 0. The highest BCUT2D eigenvalue weighted by atomic mass is 19.4. The van der Waals surface area contributed by atoms with Crippen molar-refractivity contribution < 1.29 is 22.7 Å². The van der Waals surface area contributed by atoms with Crippen LogP contribution in [-0.2, 0) is 9.53 Å². The maximum absolute atomic E-state index is 12.7. The lowest BCUT2D eigenvalue weighted by atomic mass is 9.44. The molecule has 4 aliphatic rings. The van der Waals surface area contributed by atoms with E-state index in [1.807, 2.05) is 0 Å². The van der Waals surface area contributed by atoms with E-state index in [0.29, 0.717) is 30.1 Å². The highest BCUT2D eigenvalue weighted by Crippen LogP contribution is 2.67. The van der Waals surface area contributed by atoms with Gasteiger partial charge < -0.3 is 4.74 Å². The Kier molecular flexibility index (Phi) is 4.44. The molecule has 0 N–H and O–H groups in total. The van der Waals surface area contributed by atoms with Crippen LogP contribution in [0.1, 0.15) is 85.0 Å². The molecule has 2 nitrogen and oxygen atoms in total. The second-order valence-corrected chi connectivity index (χ2v) is 10.8. The van der Waals surface area contributed by atoms with Gasteiger partial charge in [0.25, 0.3) is 0 Å². The van der Waals surface area contributed by atoms with Crippen molar-refractivity contribution in [1.29, 1.82) is 0 Å². The van der Waals surface area contributed by atoms with Crippen LogP contribution >= 0.6 is 0 Å². The normalized spacial score (nSPS) is 49.7. The van der Waals surface area contributed by atoms with E-state index in [0.717, 1.165) is 24.7 Å². The van der Waals surface area contributed by atoms with Crippen LogP contribution in [0.5, 0.6) is 0 Å². The van der Waals surface area contributed by atoms with E-state index in [9.17, 15) is 18.0 Å². The van der Waals surface area contributed by atoms with Gasteiger partial charge in [0.2, 0.25) is 0 Å². The number of carbonyl (C=O) groups excluding carboxylic acids is 1. The number of hydrogen-bond donors (Lipinski definition) is 0. The van der Waals surface area contributed by atoms with Gasteiger partial charge in [0, 0.05) is 0 Å². The molecule has 0 bridgehead atoms. The molecule has 0 aromatic rings. The third kappa shape index (κ3) is 3.11. The van der Waals surface area contributed by atoms with Crippen molar-refractivity contribution >= 4 is 5.97 Å². The summed E-state index contributed by atoms with van der Waals surface area (Å²) in [6.07, 6.45) is 6.04. The van der Waals surface area contributed by atoms with Gasteiger partial charge in [-0.2, -0.15) is 13.2 Å². The van der Waals surface area contributed by atoms with Crippen LogP contribution in [0, 0.1) is 34.5 Å². The molecule has 7 atom stereocenters. The zero-order chi connectivity index (χ0) is 19.7. The van der Waals surface area contributed by atoms with Crippen molar-refractivity contribution in [3.63, 3.8) is 0 Å². The molecular formula is C22H33F3O2. The van der Waals surface area contributed by atoms with Crippen molar-refractivity contribution in [2.75, 3.05) is 0 Å². The summed E-state index contributed by atoms with van der Waals surface area (Å²) < 4.78 is 43.1. The van der Waals surface area contributed by atoms with E-state index in [1.54, 1.807) is 6.92 Å². The first-order chi connectivity index (χ1) is 12.5. The molecule has 0 heterocycles. The lowest BCUT2D eigenvalue weighted by molar-refractivity contribution is -0.223. The minimum absolute atomic E-state index is 0.191. The maximum atomic E-state index is 12.7. The van der Waals surface area contributed by atoms with Crippen LogP contribution in [0.4, 0.5) is 13.2 Å². The Labute approximate surface area is 160 Å². The Morgan fingerprint density at radius 1 is 0.926 bits per heavy atom. The highest BCUT2D eigenvalue weighted by Gasteiger charge is 2.60. The molecule has 0 spiro atoms. The molecule has 154 valence electrons. The van der Waals surface area contributed by atoms with E-state index in [1.165, 1.54) is 38.5 Å². The fourth-order valence-corrected chi connectivity index (χ4v) is 7.78. The predicted octanol–water partition coefficient (Wildman–Crippen LogP) is 6.28. The smallest absolute Gasteiger partial charge is 0.453 e. The molecule has 5 heteroatoms. The molecule has 0 radical (unpaired) electrons. The fourth-order valence-electron chi connectivity index (χ4n) is 7.78. The monoisotopic (exact) mass is 386 g/mol. The number of hydrogen-bond acceptors (Lipinski definition) is 2. The molecule has 4 aliphatic carbocycles. The van der Waals surface area contributed by atoms with E-state index in [-0.39, 0.29) is 5.41 Å². The predicted molar refractivity (Wildman–Crippen MR) is 96.9 cm³/mol. The van der Waals surface area contributed by atoms with Gasteiger partial charge in [0.15, 0.2) is 0 Å². The Balaban J connectivity index is 1.51. The Morgan fingerprint density at radius 3 is 2.37 bits per heavy atom. The van der Waals surface area contributed by atoms with Crippen LogP contribution in [0.3, 0.4) is 0 Å². The Hall–Kier alpha value is -0.740. The maximum Gasteiger partial charge on any atom is 0.490 e. The number of ether oxygens (including phenoxy) is 1. The number of rotatable bonds is 1. The standard InChI is InChI=1S/C22H33F3O2/c1-19-9-4-5-16(19)15-7-6-14-13-20(2,27-18(26)22(23,24)25)11-12-21(14,3)17(15)8-10-19/h14-17H,4-13H2,1-3H3. The lowest BCUT2D eigenvalue weighted by Gasteiger charge is -2.61. The summed E-state index contributed by atoms with van der Waals surface area (Å²) in [6.45, 7) is 6.58. The van der Waals surface area contributed by atoms with Crippen molar-refractivity contribution in [2.45, 2.75) is 96.8 Å². The fraction of sp³-hybridized carbons (Fsp3) is 0.955. The van der Waals surface area contributed by atoms with Crippen molar-refractivity contribution in [3.8, 4) is 0 Å². The zero-order valence-electron chi connectivity index (χ0n) is 16.8. The minimum atomic E-state index is -4.91. The highest BCUT2D eigenvalue weighted by molar-refractivity contribution is 5.76. The van der Waals surface area contributed by atoms with Gasteiger partial charge in [-0.25, -0.2) is 4.79 Å². The van der Waals surface area contributed by atoms with Gasteiger partial charge in [-0.1, -0.05) is 20.3 Å². The van der Waals surface area contributed by atoms with Gasteiger partial charge in [0.1, 0.15) is 5.60 Å². The van der Waals surface area contributed by atoms with Crippen LogP contribution in [-0.4, -0.2) is 17.7 Å². The SMILES string of the molecule is CC1(OC(=O)C(F)(F)F)CCC2(C)C(CCC3C4CCCC4(C)CCC32)C1. The average Bonchev–Trinajstić information content (AvgIpc) is 2.96. The second-order valence-electron chi connectivity index (χ2n) is 10.8. The summed E-state index contributed by atoms with van der Waals surface area (Å²) in [5.41, 5.74) is -0.257. The quantitative estimate of drug-likeness (QED) is 0.496. The van der Waals surface area contributed by atoms with Crippen LogP contribution in [0.15, 0.2) is 0 Å². The van der Waals surface area contributed by atoms with Gasteiger partial charge in [-0.05, 0) is 99.2 Å². The molecule has 0 amide bonds. The number of alkyl halides is 3. The molecule has 0 saturated heterocycles. The van der Waals surface area contributed by atoms with Gasteiger partial charge in [-0.15, -0.1) is 0 Å². The average molecular weight is 386 g/mol. The summed E-state index contributed by atoms with van der Waals surface area (Å²) in [5.74, 6) is 0.654. The first-order valence-electron chi connectivity index (χ1n) is 10.8. The number of fused-ring (bicyclic) bond motifs is 5. The topological polar surface area (TPSA) is 26.3 Å². The Morgan fingerprint density at radius 2 is 1.67 bits per heavy atom.